The molecule has 2 aromatic carbocycles. The van der Waals surface area contributed by atoms with Crippen LogP contribution in [0.2, 0.25) is 0 Å². The number of rotatable bonds is 10. The highest BCUT2D eigenvalue weighted by atomic mass is 32.1. The first kappa shape index (κ1) is 29.1. The van der Waals surface area contributed by atoms with Gasteiger partial charge in [-0.15, -0.1) is 11.3 Å². The Morgan fingerprint density at radius 2 is 1.82 bits per heavy atom. The minimum atomic E-state index is -0.261. The highest BCUT2D eigenvalue weighted by Crippen LogP contribution is 2.31. The summed E-state index contributed by atoms with van der Waals surface area (Å²) in [5, 5.41) is 14.0. The van der Waals surface area contributed by atoms with Crippen molar-refractivity contribution in [3.05, 3.63) is 118 Å². The Morgan fingerprint density at radius 1 is 1.02 bits per heavy atom. The summed E-state index contributed by atoms with van der Waals surface area (Å²) < 4.78 is 7.94. The van der Waals surface area contributed by atoms with Gasteiger partial charge in [0.15, 0.2) is 5.76 Å². The Morgan fingerprint density at radius 3 is 2.55 bits per heavy atom. The normalized spacial score (nSPS) is 13.3. The fourth-order valence-electron chi connectivity index (χ4n) is 5.62. The van der Waals surface area contributed by atoms with Crippen molar-refractivity contribution in [3.8, 4) is 17.4 Å². The van der Waals surface area contributed by atoms with Crippen LogP contribution in [0.3, 0.4) is 0 Å². The van der Waals surface area contributed by atoms with E-state index in [1.165, 1.54) is 6.42 Å². The van der Waals surface area contributed by atoms with Crippen LogP contribution < -0.4 is 10.2 Å². The van der Waals surface area contributed by atoms with Gasteiger partial charge in [0, 0.05) is 34.8 Å². The molecular formula is C35H33N5O3S. The molecule has 0 unspecified atom stereocenters. The highest BCUT2D eigenvalue weighted by molar-refractivity contribution is 7.09. The van der Waals surface area contributed by atoms with Gasteiger partial charge in [-0.1, -0.05) is 37.5 Å². The summed E-state index contributed by atoms with van der Waals surface area (Å²) in [5.74, 6) is 0.710. The van der Waals surface area contributed by atoms with Gasteiger partial charge in [0.25, 0.3) is 5.91 Å². The molecule has 1 saturated carbocycles. The van der Waals surface area contributed by atoms with E-state index in [1.807, 2.05) is 81.7 Å². The van der Waals surface area contributed by atoms with Crippen LogP contribution in [0.5, 0.6) is 0 Å². The zero-order valence-corrected chi connectivity index (χ0v) is 25.1. The SMILES string of the molecule is N#Cc1ccc(Cn2cncc2CN(C(=O)C2CCCCC2)c2ccc(-c3ccc(C(=O)NCc4cccs4)o3)cc2)cc1. The lowest BCUT2D eigenvalue weighted by Gasteiger charge is -2.30. The molecule has 2 amide bonds. The minimum absolute atomic E-state index is 0.00125. The zero-order valence-electron chi connectivity index (χ0n) is 24.3. The van der Waals surface area contributed by atoms with Gasteiger partial charge in [-0.05, 0) is 78.4 Å². The fourth-order valence-corrected chi connectivity index (χ4v) is 6.26. The molecule has 0 bridgehead atoms. The summed E-state index contributed by atoms with van der Waals surface area (Å²) in [4.78, 5) is 33.9. The third kappa shape index (κ3) is 6.82. The maximum absolute atomic E-state index is 13.9. The Labute approximate surface area is 260 Å². The lowest BCUT2D eigenvalue weighted by atomic mass is 9.88. The number of carbonyl (C=O) groups is 2. The molecule has 1 aliphatic rings. The molecule has 0 radical (unpaired) electrons. The van der Waals surface area contributed by atoms with Crippen LogP contribution in [0.4, 0.5) is 5.69 Å². The summed E-state index contributed by atoms with van der Waals surface area (Å²) in [6, 6.07) is 24.8. The van der Waals surface area contributed by atoms with Crippen molar-refractivity contribution in [2.45, 2.75) is 51.7 Å². The van der Waals surface area contributed by atoms with E-state index in [0.717, 1.165) is 53.1 Å². The van der Waals surface area contributed by atoms with Crippen LogP contribution in [0.1, 0.15) is 64.4 Å². The second kappa shape index (κ2) is 13.6. The predicted octanol–water partition coefficient (Wildman–Crippen LogP) is 7.17. The lowest BCUT2D eigenvalue weighted by molar-refractivity contribution is -0.123. The van der Waals surface area contributed by atoms with Crippen LogP contribution in [0.15, 0.2) is 95.1 Å². The maximum Gasteiger partial charge on any atom is 0.287 e. The number of anilines is 1. The number of benzene rings is 2. The number of amides is 2. The number of nitrogens with zero attached hydrogens (tertiary/aromatic N) is 4. The smallest absolute Gasteiger partial charge is 0.287 e. The molecule has 3 heterocycles. The average Bonchev–Trinajstić information content (AvgIpc) is 3.86. The van der Waals surface area contributed by atoms with Crippen LogP contribution in [0.25, 0.3) is 11.3 Å². The van der Waals surface area contributed by atoms with Gasteiger partial charge in [0.2, 0.25) is 5.91 Å². The minimum Gasteiger partial charge on any atom is -0.451 e. The monoisotopic (exact) mass is 603 g/mol. The van der Waals surface area contributed by atoms with Crippen molar-refractivity contribution >= 4 is 28.8 Å². The predicted molar refractivity (Wildman–Crippen MR) is 170 cm³/mol. The molecule has 3 aromatic heterocycles. The summed E-state index contributed by atoms with van der Waals surface area (Å²) in [7, 11) is 0. The second-order valence-electron chi connectivity index (χ2n) is 11.1. The topological polar surface area (TPSA) is 104 Å². The van der Waals surface area contributed by atoms with Gasteiger partial charge in [-0.3, -0.25) is 9.59 Å². The average molecular weight is 604 g/mol. The molecule has 0 spiro atoms. The third-order valence-corrected chi connectivity index (χ3v) is 8.95. The molecule has 9 heteroatoms. The first-order valence-corrected chi connectivity index (χ1v) is 15.8. The van der Waals surface area contributed by atoms with Crippen LogP contribution in [-0.2, 0) is 24.4 Å². The van der Waals surface area contributed by atoms with Crippen molar-refractivity contribution in [1.29, 1.82) is 5.26 Å². The maximum atomic E-state index is 13.9. The Kier molecular flexibility index (Phi) is 8.99. The molecule has 0 saturated heterocycles. The molecule has 1 N–H and O–H groups in total. The van der Waals surface area contributed by atoms with Crippen molar-refractivity contribution in [2.75, 3.05) is 4.90 Å². The van der Waals surface area contributed by atoms with Gasteiger partial charge in [-0.25, -0.2) is 4.98 Å². The van der Waals surface area contributed by atoms with Crippen molar-refractivity contribution in [2.24, 2.45) is 5.92 Å². The molecule has 1 fully saturated rings. The van der Waals surface area contributed by atoms with E-state index in [1.54, 1.807) is 29.8 Å². The number of carbonyl (C=O) groups excluding carboxylic acids is 2. The first-order valence-electron chi connectivity index (χ1n) is 14.9. The Hall–Kier alpha value is -4.94. The van der Waals surface area contributed by atoms with Gasteiger partial charge in [0.05, 0.1) is 36.7 Å². The van der Waals surface area contributed by atoms with E-state index in [4.69, 9.17) is 9.68 Å². The quantitative estimate of drug-likeness (QED) is 0.182. The zero-order chi connectivity index (χ0) is 30.3. The number of furan rings is 1. The molecule has 222 valence electrons. The van der Waals surface area contributed by atoms with Crippen molar-refractivity contribution < 1.29 is 14.0 Å². The van der Waals surface area contributed by atoms with Crippen LogP contribution >= 0.6 is 11.3 Å². The van der Waals surface area contributed by atoms with E-state index < -0.39 is 0 Å². The van der Waals surface area contributed by atoms with E-state index in [9.17, 15) is 9.59 Å². The first-order chi connectivity index (χ1) is 21.6. The number of imidazole rings is 1. The molecule has 44 heavy (non-hydrogen) atoms. The largest absolute Gasteiger partial charge is 0.451 e. The molecule has 0 aliphatic heterocycles. The fraction of sp³-hybridized carbons (Fsp3) is 0.257. The van der Waals surface area contributed by atoms with Crippen molar-refractivity contribution in [1.82, 2.24) is 14.9 Å². The van der Waals surface area contributed by atoms with Gasteiger partial charge in [-0.2, -0.15) is 5.26 Å². The van der Waals surface area contributed by atoms with Crippen LogP contribution in [-0.4, -0.2) is 21.4 Å². The number of nitriles is 1. The lowest BCUT2D eigenvalue weighted by Crippen LogP contribution is -2.37. The number of thiophene rings is 1. The van der Waals surface area contributed by atoms with Crippen molar-refractivity contribution in [3.63, 3.8) is 0 Å². The third-order valence-electron chi connectivity index (χ3n) is 8.07. The molecule has 5 aromatic rings. The number of hydrogen-bond acceptors (Lipinski definition) is 6. The van der Waals surface area contributed by atoms with E-state index in [-0.39, 0.29) is 23.5 Å². The highest BCUT2D eigenvalue weighted by Gasteiger charge is 2.28. The van der Waals surface area contributed by atoms with Crippen LogP contribution in [0, 0.1) is 17.2 Å². The molecule has 0 atom stereocenters. The standard InChI is InChI=1S/C35H33N5O3S/c36-19-25-8-10-26(11-9-25)22-39-24-37-20-30(39)23-40(35(42)28-5-2-1-3-6-28)29-14-12-27(13-15-29)32-16-17-33(43-32)34(41)38-21-31-7-4-18-44-31/h4,7-18,20,24,28H,1-3,5-6,21-23H2,(H,38,41). The molecule has 6 rings (SSSR count). The number of nitrogens with one attached hydrogen (secondary N) is 1. The van der Waals surface area contributed by atoms with E-state index in [2.05, 4.69) is 16.4 Å². The number of aromatic nitrogens is 2. The summed E-state index contributed by atoms with van der Waals surface area (Å²) in [5.41, 5.74) is 4.22. The van der Waals surface area contributed by atoms with Gasteiger partial charge in [0.1, 0.15) is 5.76 Å². The molecular weight excluding hydrogens is 570 g/mol. The van der Waals surface area contributed by atoms with E-state index in [0.29, 0.717) is 31.0 Å². The number of hydrogen-bond donors (Lipinski definition) is 1. The summed E-state index contributed by atoms with van der Waals surface area (Å²) in [6.45, 7) is 1.44. The van der Waals surface area contributed by atoms with Gasteiger partial charge < -0.3 is 19.2 Å². The summed E-state index contributed by atoms with van der Waals surface area (Å²) in [6.07, 6.45) is 8.72. The van der Waals surface area contributed by atoms with E-state index >= 15 is 0 Å². The second-order valence-corrected chi connectivity index (χ2v) is 12.1. The Balaban J connectivity index is 1.20. The summed E-state index contributed by atoms with van der Waals surface area (Å²) >= 11 is 1.59. The molecule has 8 nitrogen and oxygen atoms in total. The van der Waals surface area contributed by atoms with Gasteiger partial charge >= 0.3 is 0 Å². The Bertz CT molecular complexity index is 1740. The molecule has 1 aliphatic carbocycles.